The Labute approximate surface area is 249 Å². The van der Waals surface area contributed by atoms with Crippen LogP contribution in [0.4, 0.5) is 26.3 Å². The number of benzene rings is 2. The fraction of sp³-hybridized carbons (Fsp3) is 0.207. The third kappa shape index (κ3) is 6.36. The predicted molar refractivity (Wildman–Crippen MR) is 145 cm³/mol. The Balaban J connectivity index is 1.68. The van der Waals surface area contributed by atoms with Crippen molar-refractivity contribution < 1.29 is 40.8 Å². The van der Waals surface area contributed by atoms with Crippen molar-refractivity contribution in [2.24, 2.45) is 0 Å². The summed E-state index contributed by atoms with van der Waals surface area (Å²) in [6, 6.07) is 10.6. The summed E-state index contributed by atoms with van der Waals surface area (Å²) in [6.45, 7) is 0.862. The maximum absolute atomic E-state index is 14.2. The zero-order valence-corrected chi connectivity index (χ0v) is 23.2. The average Bonchev–Trinajstić information content (AvgIpc) is 3.56. The Bertz CT molecular complexity index is 1780. The molecule has 8 nitrogen and oxygen atoms in total. The van der Waals surface area contributed by atoms with E-state index in [0.717, 1.165) is 4.68 Å². The molecule has 1 atom stereocenters. The first kappa shape index (κ1) is 30.9. The van der Waals surface area contributed by atoms with Crippen molar-refractivity contribution in [1.29, 1.82) is 0 Å². The van der Waals surface area contributed by atoms with Gasteiger partial charge in [-0.25, -0.2) is 4.68 Å². The molecule has 3 aromatic heterocycles. The van der Waals surface area contributed by atoms with Gasteiger partial charge in [0.2, 0.25) is 5.78 Å². The second-order valence-corrected chi connectivity index (χ2v) is 10.2. The van der Waals surface area contributed by atoms with Gasteiger partial charge in [0.25, 0.3) is 0 Å². The Morgan fingerprint density at radius 2 is 1.64 bits per heavy atom. The molecule has 0 fully saturated rings. The number of alkyl halides is 6. The monoisotopic (exact) mass is 635 g/mol. The number of aliphatic hydroxyl groups is 1. The van der Waals surface area contributed by atoms with Gasteiger partial charge in [-0.05, 0) is 48.9 Å². The summed E-state index contributed by atoms with van der Waals surface area (Å²) in [5.74, 6) is -0.780. The smallest absolute Gasteiger partial charge is 0.393 e. The molecule has 5 rings (SSSR count). The number of halogens is 7. The van der Waals surface area contributed by atoms with Crippen LogP contribution in [0.25, 0.3) is 22.5 Å². The van der Waals surface area contributed by atoms with Gasteiger partial charge < -0.3 is 9.63 Å². The van der Waals surface area contributed by atoms with E-state index in [1.54, 1.807) is 24.3 Å². The second kappa shape index (κ2) is 11.8. The zero-order valence-electron chi connectivity index (χ0n) is 22.5. The number of ketones is 1. The minimum atomic E-state index is -5.06. The summed E-state index contributed by atoms with van der Waals surface area (Å²) < 4.78 is 87.6. The number of carbonyl (C=O) groups excluding carboxylic acids is 1. The SMILES string of the molecule is CC(O)Cc1onc(-c2ccccc2Cl)c1C(=O)c1nnn(Cc2cc(C(F)(F)F)cc(C(F)(F)F)c2)c1-c1ccncc1. The molecule has 15 heteroatoms. The number of nitrogens with zero attached hydrogens (tertiary/aromatic N) is 5. The second-order valence-electron chi connectivity index (χ2n) is 9.79. The summed E-state index contributed by atoms with van der Waals surface area (Å²) in [5.41, 5.74) is -3.13. The molecule has 0 saturated carbocycles. The molecule has 1 unspecified atom stereocenters. The van der Waals surface area contributed by atoms with Crippen molar-refractivity contribution in [2.75, 3.05) is 0 Å². The summed E-state index contributed by atoms with van der Waals surface area (Å²) >= 11 is 6.37. The number of aliphatic hydroxyl groups excluding tert-OH is 1. The summed E-state index contributed by atoms with van der Waals surface area (Å²) in [5, 5.41) is 22.3. The third-order valence-electron chi connectivity index (χ3n) is 6.48. The van der Waals surface area contributed by atoms with E-state index in [2.05, 4.69) is 20.5 Å². The van der Waals surface area contributed by atoms with E-state index >= 15 is 0 Å². The van der Waals surface area contributed by atoms with E-state index in [0.29, 0.717) is 23.3 Å². The lowest BCUT2D eigenvalue weighted by atomic mass is 9.96. The molecule has 1 N–H and O–H groups in total. The van der Waals surface area contributed by atoms with Gasteiger partial charge in [-0.15, -0.1) is 5.10 Å². The Morgan fingerprint density at radius 1 is 1.00 bits per heavy atom. The molecule has 44 heavy (non-hydrogen) atoms. The van der Waals surface area contributed by atoms with Crippen LogP contribution in [-0.2, 0) is 25.3 Å². The molecule has 0 aliphatic carbocycles. The highest BCUT2D eigenvalue weighted by Crippen LogP contribution is 2.38. The minimum Gasteiger partial charge on any atom is -0.393 e. The van der Waals surface area contributed by atoms with Crippen molar-refractivity contribution in [3.05, 3.63) is 106 Å². The topological polar surface area (TPSA) is 107 Å². The lowest BCUT2D eigenvalue weighted by molar-refractivity contribution is -0.143. The van der Waals surface area contributed by atoms with Gasteiger partial charge in [0.1, 0.15) is 11.4 Å². The van der Waals surface area contributed by atoms with E-state index in [9.17, 15) is 36.2 Å². The molecule has 228 valence electrons. The fourth-order valence-corrected chi connectivity index (χ4v) is 4.80. The summed E-state index contributed by atoms with van der Waals surface area (Å²) in [7, 11) is 0. The van der Waals surface area contributed by atoms with Crippen molar-refractivity contribution in [2.45, 2.75) is 38.3 Å². The molecule has 0 spiro atoms. The minimum absolute atomic E-state index is 0.00263. The van der Waals surface area contributed by atoms with Gasteiger partial charge in [-0.3, -0.25) is 9.78 Å². The number of hydrogen-bond donors (Lipinski definition) is 1. The zero-order chi connectivity index (χ0) is 31.8. The lowest BCUT2D eigenvalue weighted by Gasteiger charge is -2.15. The predicted octanol–water partition coefficient (Wildman–Crippen LogP) is 6.89. The first-order valence-corrected chi connectivity index (χ1v) is 13.2. The normalized spacial score (nSPS) is 12.8. The van der Waals surface area contributed by atoms with Gasteiger partial charge in [0.05, 0.1) is 34.4 Å². The van der Waals surface area contributed by atoms with Crippen molar-refractivity contribution in [3.8, 4) is 22.5 Å². The molecule has 0 amide bonds. The lowest BCUT2D eigenvalue weighted by Crippen LogP contribution is -2.14. The highest BCUT2D eigenvalue weighted by Gasteiger charge is 2.37. The first-order valence-electron chi connectivity index (χ1n) is 12.8. The molecule has 5 aromatic rings. The van der Waals surface area contributed by atoms with E-state index in [-0.39, 0.29) is 51.5 Å². The average molecular weight is 636 g/mol. The van der Waals surface area contributed by atoms with Crippen LogP contribution in [0.15, 0.2) is 71.5 Å². The van der Waals surface area contributed by atoms with Crippen molar-refractivity contribution in [3.63, 3.8) is 0 Å². The van der Waals surface area contributed by atoms with Crippen molar-refractivity contribution in [1.82, 2.24) is 25.1 Å². The molecule has 0 aliphatic rings. The van der Waals surface area contributed by atoms with Gasteiger partial charge in [-0.2, -0.15) is 26.3 Å². The molecule has 2 aromatic carbocycles. The third-order valence-corrected chi connectivity index (χ3v) is 6.81. The molecule has 0 saturated heterocycles. The van der Waals surface area contributed by atoms with E-state index < -0.39 is 41.9 Å². The van der Waals surface area contributed by atoms with Crippen LogP contribution < -0.4 is 0 Å². The van der Waals surface area contributed by atoms with Crippen LogP contribution in [0.5, 0.6) is 0 Å². The maximum atomic E-state index is 14.2. The maximum Gasteiger partial charge on any atom is 0.416 e. The largest absolute Gasteiger partial charge is 0.416 e. The molecule has 0 aliphatic heterocycles. The van der Waals surface area contributed by atoms with E-state index in [4.69, 9.17) is 16.1 Å². The Morgan fingerprint density at radius 3 is 2.23 bits per heavy atom. The molecule has 3 heterocycles. The standard InChI is InChI=1S/C29H20ClF6N5O3/c1-15(42)10-22-23(24(39-44-22)20-4-2-3-5-21(20)30)27(43)25-26(17-6-8-37-9-7-17)41(40-38-25)14-16-11-18(28(31,32)33)13-19(12-16)29(34,35)36/h2-9,11-13,15,42H,10,14H2,1H3. The van der Waals surface area contributed by atoms with Crippen molar-refractivity contribution >= 4 is 17.4 Å². The van der Waals surface area contributed by atoms with Gasteiger partial charge in [0.15, 0.2) is 11.5 Å². The van der Waals surface area contributed by atoms with Crippen LogP contribution in [0, 0.1) is 0 Å². The number of carbonyl (C=O) groups is 1. The Hall–Kier alpha value is -4.56. The molecular weight excluding hydrogens is 616 g/mol. The highest BCUT2D eigenvalue weighted by atomic mass is 35.5. The number of pyridine rings is 1. The quantitative estimate of drug-likeness (QED) is 0.146. The molecular formula is C29H20ClF6N5O3. The van der Waals surface area contributed by atoms with Crippen LogP contribution in [0.2, 0.25) is 5.02 Å². The van der Waals surface area contributed by atoms with Gasteiger partial charge in [-0.1, -0.05) is 40.2 Å². The van der Waals surface area contributed by atoms with E-state index in [1.165, 1.54) is 31.5 Å². The fourth-order valence-electron chi connectivity index (χ4n) is 4.58. The number of rotatable bonds is 8. The number of aromatic nitrogens is 5. The summed E-state index contributed by atoms with van der Waals surface area (Å²) in [4.78, 5) is 18.1. The van der Waals surface area contributed by atoms with Crippen LogP contribution in [-0.4, -0.2) is 42.1 Å². The molecule has 0 radical (unpaired) electrons. The summed E-state index contributed by atoms with van der Waals surface area (Å²) in [6.07, 6.45) is -8.44. The first-order chi connectivity index (χ1) is 20.7. The number of hydrogen-bond acceptors (Lipinski definition) is 7. The van der Waals surface area contributed by atoms with Crippen LogP contribution >= 0.6 is 11.6 Å². The van der Waals surface area contributed by atoms with Crippen LogP contribution in [0.1, 0.15) is 45.4 Å². The van der Waals surface area contributed by atoms with Gasteiger partial charge >= 0.3 is 12.4 Å². The van der Waals surface area contributed by atoms with Gasteiger partial charge in [0, 0.05) is 29.9 Å². The van der Waals surface area contributed by atoms with E-state index in [1.807, 2.05) is 0 Å². The van der Waals surface area contributed by atoms with Crippen LogP contribution in [0.3, 0.4) is 0 Å². The Kier molecular flexibility index (Phi) is 8.32. The molecule has 0 bridgehead atoms. The highest BCUT2D eigenvalue weighted by molar-refractivity contribution is 6.33.